The molecule has 0 bridgehead atoms. The number of aryl methyl sites for hydroxylation is 1. The zero-order chi connectivity index (χ0) is 20.7. The first kappa shape index (κ1) is 21.3. The Balaban J connectivity index is 2.29. The van der Waals surface area contributed by atoms with Crippen LogP contribution in [0.2, 0.25) is 0 Å². The highest BCUT2D eigenvalue weighted by Gasteiger charge is 2.16. The number of benzene rings is 2. The zero-order valence-electron chi connectivity index (χ0n) is 17.1. The van der Waals surface area contributed by atoms with E-state index in [1.807, 2.05) is 33.8 Å². The predicted octanol–water partition coefficient (Wildman–Crippen LogP) is 4.04. The van der Waals surface area contributed by atoms with Crippen LogP contribution in [0.15, 0.2) is 36.4 Å². The minimum absolute atomic E-state index is 0.177. The Morgan fingerprint density at radius 2 is 1.82 bits per heavy atom. The summed E-state index contributed by atoms with van der Waals surface area (Å²) in [5, 5.41) is 5.65. The Morgan fingerprint density at radius 1 is 1.07 bits per heavy atom. The number of anilines is 1. The number of ether oxygens (including phenoxy) is 2. The maximum Gasteiger partial charge on any atom is 0.259 e. The minimum Gasteiger partial charge on any atom is -0.497 e. The van der Waals surface area contributed by atoms with Gasteiger partial charge in [0.25, 0.3) is 11.8 Å². The molecule has 0 unspecified atom stereocenters. The maximum atomic E-state index is 12.9. The van der Waals surface area contributed by atoms with Crippen LogP contribution >= 0.6 is 0 Å². The molecule has 0 fully saturated rings. The van der Waals surface area contributed by atoms with Crippen molar-refractivity contribution < 1.29 is 19.1 Å². The number of rotatable bonds is 8. The number of methoxy groups -OCH3 is 1. The van der Waals surface area contributed by atoms with E-state index >= 15 is 0 Å². The molecule has 0 aromatic heterocycles. The molecule has 0 aliphatic rings. The molecule has 2 amide bonds. The van der Waals surface area contributed by atoms with Crippen molar-refractivity contribution in [3.8, 4) is 11.5 Å². The van der Waals surface area contributed by atoms with Crippen molar-refractivity contribution >= 4 is 17.5 Å². The number of hydrogen-bond donors (Lipinski definition) is 2. The van der Waals surface area contributed by atoms with E-state index in [1.165, 1.54) is 0 Å². The van der Waals surface area contributed by atoms with E-state index < -0.39 is 0 Å². The van der Waals surface area contributed by atoms with Crippen LogP contribution in [0.5, 0.6) is 11.5 Å². The smallest absolute Gasteiger partial charge is 0.259 e. The van der Waals surface area contributed by atoms with Crippen LogP contribution < -0.4 is 20.1 Å². The van der Waals surface area contributed by atoms with E-state index in [-0.39, 0.29) is 11.8 Å². The van der Waals surface area contributed by atoms with Gasteiger partial charge in [0.15, 0.2) is 0 Å². The summed E-state index contributed by atoms with van der Waals surface area (Å²) in [4.78, 5) is 25.0. The number of carbonyl (C=O) groups excluding carboxylic acids is 2. The van der Waals surface area contributed by atoms with Gasteiger partial charge < -0.3 is 20.1 Å². The first-order valence-electron chi connectivity index (χ1n) is 9.36. The van der Waals surface area contributed by atoms with Crippen molar-refractivity contribution in [2.24, 2.45) is 5.92 Å². The van der Waals surface area contributed by atoms with E-state index in [0.29, 0.717) is 47.4 Å². The molecule has 0 spiro atoms. The average molecular weight is 384 g/mol. The lowest BCUT2D eigenvalue weighted by Crippen LogP contribution is -2.23. The van der Waals surface area contributed by atoms with Crippen molar-refractivity contribution in [1.29, 1.82) is 0 Å². The second-order valence-electron chi connectivity index (χ2n) is 6.91. The van der Waals surface area contributed by atoms with E-state index in [0.717, 1.165) is 5.56 Å². The first-order chi connectivity index (χ1) is 13.3. The lowest BCUT2D eigenvalue weighted by molar-refractivity contribution is 0.0954. The molecule has 6 heteroatoms. The first-order valence-corrected chi connectivity index (χ1v) is 9.36. The highest BCUT2D eigenvalue weighted by Crippen LogP contribution is 2.27. The monoisotopic (exact) mass is 384 g/mol. The number of hydrogen-bond acceptors (Lipinski definition) is 4. The summed E-state index contributed by atoms with van der Waals surface area (Å²) in [5.41, 5.74) is 2.34. The van der Waals surface area contributed by atoms with Gasteiger partial charge in [-0.3, -0.25) is 9.59 Å². The van der Waals surface area contributed by atoms with Gasteiger partial charge in [-0.1, -0.05) is 19.9 Å². The molecule has 0 atom stereocenters. The van der Waals surface area contributed by atoms with Crippen LogP contribution in [-0.4, -0.2) is 32.1 Å². The number of amides is 2. The van der Waals surface area contributed by atoms with Gasteiger partial charge in [-0.05, 0) is 49.6 Å². The lowest BCUT2D eigenvalue weighted by atomic mass is 10.1. The molecule has 0 radical (unpaired) electrons. The summed E-state index contributed by atoms with van der Waals surface area (Å²) in [5.74, 6) is 0.909. The molecule has 2 N–H and O–H groups in total. The summed E-state index contributed by atoms with van der Waals surface area (Å²) < 4.78 is 11.1. The fourth-order valence-corrected chi connectivity index (χ4v) is 2.54. The highest BCUT2D eigenvalue weighted by atomic mass is 16.5. The third kappa shape index (κ3) is 5.49. The lowest BCUT2D eigenvalue weighted by Gasteiger charge is -2.15. The molecule has 0 saturated carbocycles. The molecule has 2 aromatic rings. The summed E-state index contributed by atoms with van der Waals surface area (Å²) >= 11 is 0. The van der Waals surface area contributed by atoms with E-state index in [9.17, 15) is 9.59 Å². The fourth-order valence-electron chi connectivity index (χ4n) is 2.54. The Morgan fingerprint density at radius 3 is 2.46 bits per heavy atom. The third-order valence-electron chi connectivity index (χ3n) is 4.09. The Labute approximate surface area is 166 Å². The zero-order valence-corrected chi connectivity index (χ0v) is 17.1. The van der Waals surface area contributed by atoms with Crippen LogP contribution in [0.1, 0.15) is 47.1 Å². The Hall–Kier alpha value is -3.02. The van der Waals surface area contributed by atoms with Gasteiger partial charge in [-0.15, -0.1) is 0 Å². The van der Waals surface area contributed by atoms with Crippen LogP contribution in [0.4, 0.5) is 5.69 Å². The molecule has 0 aliphatic heterocycles. The molecule has 2 aromatic carbocycles. The van der Waals surface area contributed by atoms with E-state index in [1.54, 1.807) is 37.4 Å². The van der Waals surface area contributed by atoms with Crippen LogP contribution in [0.25, 0.3) is 0 Å². The van der Waals surface area contributed by atoms with Gasteiger partial charge in [-0.2, -0.15) is 0 Å². The molecule has 2 rings (SSSR count). The fraction of sp³-hybridized carbons (Fsp3) is 0.364. The Kier molecular flexibility index (Phi) is 7.44. The van der Waals surface area contributed by atoms with Gasteiger partial charge in [-0.25, -0.2) is 0 Å². The van der Waals surface area contributed by atoms with Gasteiger partial charge in [0.2, 0.25) is 0 Å². The molecule has 0 heterocycles. The van der Waals surface area contributed by atoms with Crippen molar-refractivity contribution in [2.75, 3.05) is 25.6 Å². The van der Waals surface area contributed by atoms with Crippen LogP contribution in [0, 0.1) is 12.8 Å². The molecule has 0 saturated heterocycles. The van der Waals surface area contributed by atoms with Crippen molar-refractivity contribution in [3.63, 3.8) is 0 Å². The second-order valence-corrected chi connectivity index (χ2v) is 6.91. The van der Waals surface area contributed by atoms with Crippen molar-refractivity contribution in [3.05, 3.63) is 53.1 Å². The maximum absolute atomic E-state index is 12.9. The van der Waals surface area contributed by atoms with Crippen molar-refractivity contribution in [2.45, 2.75) is 27.7 Å². The summed E-state index contributed by atoms with van der Waals surface area (Å²) in [6.45, 7) is 8.83. The van der Waals surface area contributed by atoms with E-state index in [4.69, 9.17) is 9.47 Å². The van der Waals surface area contributed by atoms with E-state index in [2.05, 4.69) is 10.6 Å². The normalized spacial score (nSPS) is 10.5. The molecule has 150 valence electrons. The molecule has 28 heavy (non-hydrogen) atoms. The number of carbonyl (C=O) groups is 2. The topological polar surface area (TPSA) is 76.7 Å². The second kappa shape index (κ2) is 9.78. The quantitative estimate of drug-likeness (QED) is 0.720. The molecule has 0 aliphatic carbocycles. The summed E-state index contributed by atoms with van der Waals surface area (Å²) in [6, 6.07) is 10.3. The molecule has 6 nitrogen and oxygen atoms in total. The Bertz CT molecular complexity index is 846. The van der Waals surface area contributed by atoms with Gasteiger partial charge in [0.1, 0.15) is 11.5 Å². The highest BCUT2D eigenvalue weighted by molar-refractivity contribution is 6.07. The largest absolute Gasteiger partial charge is 0.497 e. The van der Waals surface area contributed by atoms with Crippen molar-refractivity contribution in [1.82, 2.24) is 5.32 Å². The minimum atomic E-state index is -0.308. The predicted molar refractivity (Wildman–Crippen MR) is 110 cm³/mol. The SMILES string of the molecule is CCNC(=O)c1ccc(C)c(NC(=O)c2ccc(OC)cc2OCC(C)C)c1. The summed E-state index contributed by atoms with van der Waals surface area (Å²) in [7, 11) is 1.57. The van der Waals surface area contributed by atoms with Crippen LogP contribution in [0.3, 0.4) is 0 Å². The van der Waals surface area contributed by atoms with Gasteiger partial charge in [0, 0.05) is 23.9 Å². The summed E-state index contributed by atoms with van der Waals surface area (Å²) in [6.07, 6.45) is 0. The van der Waals surface area contributed by atoms with Gasteiger partial charge in [0.05, 0.1) is 19.3 Å². The third-order valence-corrected chi connectivity index (χ3v) is 4.09. The average Bonchev–Trinajstić information content (AvgIpc) is 2.67. The molecular weight excluding hydrogens is 356 g/mol. The van der Waals surface area contributed by atoms with Crippen LogP contribution in [-0.2, 0) is 0 Å². The molecular formula is C22H28N2O4. The standard InChI is InChI=1S/C22H28N2O4/c1-6-23-21(25)16-8-7-15(4)19(11-16)24-22(26)18-10-9-17(27-5)12-20(18)28-13-14(2)3/h7-12,14H,6,13H2,1-5H3,(H,23,25)(H,24,26). The van der Waals surface area contributed by atoms with Gasteiger partial charge >= 0.3 is 0 Å². The number of nitrogens with one attached hydrogen (secondary N) is 2.